The van der Waals surface area contributed by atoms with Crippen molar-refractivity contribution in [3.8, 4) is 0 Å². The van der Waals surface area contributed by atoms with Crippen molar-refractivity contribution in [2.75, 3.05) is 0 Å². The van der Waals surface area contributed by atoms with Gasteiger partial charge in [0.15, 0.2) is 4.21 Å². The summed E-state index contributed by atoms with van der Waals surface area (Å²) in [5.41, 5.74) is 6.18. The number of sulfonamides is 1. The minimum Gasteiger partial charge on any atom is -0.366 e. The van der Waals surface area contributed by atoms with Crippen molar-refractivity contribution in [1.82, 2.24) is 4.72 Å². The number of carbonyl (C=O) groups excluding carboxylic acids is 1. The molecule has 0 aliphatic carbocycles. The summed E-state index contributed by atoms with van der Waals surface area (Å²) in [6.07, 6.45) is 0. The first-order valence-electron chi connectivity index (χ1n) is 6.94. The van der Waals surface area contributed by atoms with Gasteiger partial charge in [0, 0.05) is 22.2 Å². The molecule has 0 fully saturated rings. The van der Waals surface area contributed by atoms with Crippen LogP contribution < -0.4 is 10.5 Å². The Morgan fingerprint density at radius 2 is 1.92 bits per heavy atom. The minimum absolute atomic E-state index is 0.0357. The van der Waals surface area contributed by atoms with Gasteiger partial charge in [-0.2, -0.15) is 0 Å². The fourth-order valence-corrected chi connectivity index (χ4v) is 5.43. The van der Waals surface area contributed by atoms with Crippen LogP contribution in [0.5, 0.6) is 0 Å². The maximum Gasteiger partial charge on any atom is 0.251 e. The lowest BCUT2D eigenvalue weighted by Crippen LogP contribution is -2.23. The van der Waals surface area contributed by atoms with Crippen molar-refractivity contribution in [1.29, 1.82) is 0 Å². The molecule has 1 heterocycles. The van der Waals surface area contributed by atoms with Gasteiger partial charge in [0.05, 0.1) is 5.02 Å². The topological polar surface area (TPSA) is 89.3 Å². The van der Waals surface area contributed by atoms with Gasteiger partial charge < -0.3 is 5.73 Å². The highest BCUT2D eigenvalue weighted by Gasteiger charge is 2.22. The summed E-state index contributed by atoms with van der Waals surface area (Å²) in [5.74, 6) is -0.563. The maximum absolute atomic E-state index is 12.5. The van der Waals surface area contributed by atoms with Crippen molar-refractivity contribution < 1.29 is 13.2 Å². The van der Waals surface area contributed by atoms with E-state index in [-0.39, 0.29) is 15.8 Å². The van der Waals surface area contributed by atoms with Gasteiger partial charge in [0.2, 0.25) is 5.91 Å². The Bertz CT molecular complexity index is 1030. The van der Waals surface area contributed by atoms with E-state index in [0.29, 0.717) is 16.5 Å². The molecule has 0 aliphatic rings. The Labute approximate surface area is 148 Å². The molecule has 1 aromatic heterocycles. The van der Waals surface area contributed by atoms with E-state index in [1.165, 1.54) is 0 Å². The van der Waals surface area contributed by atoms with Gasteiger partial charge in [-0.1, -0.05) is 41.9 Å². The van der Waals surface area contributed by atoms with Crippen LogP contribution in [0.1, 0.15) is 15.9 Å². The van der Waals surface area contributed by atoms with E-state index < -0.39 is 15.9 Å². The number of rotatable bonds is 5. The highest BCUT2D eigenvalue weighted by molar-refractivity contribution is 7.91. The molecule has 0 aliphatic heterocycles. The molecule has 0 atom stereocenters. The number of primary amides is 1. The average Bonchev–Trinajstić information content (AvgIpc) is 2.92. The Hall–Kier alpha value is -1.93. The molecule has 1 amide bonds. The summed E-state index contributed by atoms with van der Waals surface area (Å²) in [4.78, 5) is 11.2. The molecular weight excluding hydrogens is 368 g/mol. The van der Waals surface area contributed by atoms with Gasteiger partial charge in [-0.05, 0) is 23.8 Å². The summed E-state index contributed by atoms with van der Waals surface area (Å²) < 4.78 is 28.5. The number of fused-ring (bicyclic) bond motifs is 1. The monoisotopic (exact) mass is 380 g/mol. The third-order valence-electron chi connectivity index (χ3n) is 3.43. The van der Waals surface area contributed by atoms with Gasteiger partial charge >= 0.3 is 0 Å². The third kappa shape index (κ3) is 3.29. The van der Waals surface area contributed by atoms with E-state index >= 15 is 0 Å². The molecule has 0 saturated heterocycles. The van der Waals surface area contributed by atoms with Crippen LogP contribution in [0.15, 0.2) is 52.7 Å². The molecule has 124 valence electrons. The standard InChI is InChI=1S/C16H13ClN2O3S2/c17-14-12-6-1-2-7-13(12)23-16(14)24(21,22)19-9-10-4-3-5-11(8-10)15(18)20/h1-8,19H,9H2,(H2,18,20). The average molecular weight is 381 g/mol. The quantitative estimate of drug-likeness (QED) is 0.712. The van der Waals surface area contributed by atoms with Crippen LogP contribution in [0.25, 0.3) is 10.1 Å². The second kappa shape index (κ2) is 6.52. The predicted octanol–water partition coefficient (Wildman–Crippen LogP) is 3.13. The Morgan fingerprint density at radius 3 is 2.62 bits per heavy atom. The number of nitrogens with one attached hydrogen (secondary N) is 1. The van der Waals surface area contributed by atoms with Gasteiger partial charge in [0.1, 0.15) is 0 Å². The molecule has 3 rings (SSSR count). The molecule has 5 nitrogen and oxygen atoms in total. The summed E-state index contributed by atoms with van der Waals surface area (Å²) >= 11 is 7.34. The van der Waals surface area contributed by atoms with Crippen molar-refractivity contribution in [3.63, 3.8) is 0 Å². The van der Waals surface area contributed by atoms with Crippen LogP contribution in [0.3, 0.4) is 0 Å². The van der Waals surface area contributed by atoms with Crippen LogP contribution in [-0.2, 0) is 16.6 Å². The minimum atomic E-state index is -3.76. The molecule has 3 N–H and O–H groups in total. The van der Waals surface area contributed by atoms with E-state index in [1.807, 2.05) is 12.1 Å². The zero-order chi connectivity index (χ0) is 17.3. The Morgan fingerprint density at radius 1 is 1.17 bits per heavy atom. The molecule has 0 spiro atoms. The number of benzene rings is 2. The second-order valence-electron chi connectivity index (χ2n) is 5.09. The molecule has 24 heavy (non-hydrogen) atoms. The lowest BCUT2D eigenvalue weighted by Gasteiger charge is -2.06. The molecule has 0 radical (unpaired) electrons. The van der Waals surface area contributed by atoms with Gasteiger partial charge in [-0.3, -0.25) is 4.79 Å². The molecular formula is C16H13ClN2O3S2. The first-order valence-corrected chi connectivity index (χ1v) is 9.62. The lowest BCUT2D eigenvalue weighted by atomic mass is 10.1. The zero-order valence-electron chi connectivity index (χ0n) is 12.3. The lowest BCUT2D eigenvalue weighted by molar-refractivity contribution is 0.1000. The highest BCUT2D eigenvalue weighted by atomic mass is 35.5. The fourth-order valence-electron chi connectivity index (χ4n) is 2.24. The normalized spacial score (nSPS) is 11.7. The van der Waals surface area contributed by atoms with E-state index in [4.69, 9.17) is 17.3 Å². The number of carbonyl (C=O) groups is 1. The van der Waals surface area contributed by atoms with Crippen molar-refractivity contribution in [2.24, 2.45) is 5.73 Å². The number of hydrogen-bond donors (Lipinski definition) is 2. The maximum atomic E-state index is 12.5. The largest absolute Gasteiger partial charge is 0.366 e. The van der Waals surface area contributed by atoms with E-state index in [0.717, 1.165) is 16.0 Å². The summed E-state index contributed by atoms with van der Waals surface area (Å²) in [7, 11) is -3.76. The summed E-state index contributed by atoms with van der Waals surface area (Å²) in [6.45, 7) is 0.0357. The first kappa shape index (κ1) is 16.9. The van der Waals surface area contributed by atoms with E-state index in [2.05, 4.69) is 4.72 Å². The zero-order valence-corrected chi connectivity index (χ0v) is 14.7. The van der Waals surface area contributed by atoms with E-state index in [1.54, 1.807) is 36.4 Å². The molecule has 0 unspecified atom stereocenters. The van der Waals surface area contributed by atoms with Crippen molar-refractivity contribution >= 4 is 49.0 Å². The molecule has 2 aromatic carbocycles. The van der Waals surface area contributed by atoms with Gasteiger partial charge in [0.25, 0.3) is 10.0 Å². The SMILES string of the molecule is NC(=O)c1cccc(CNS(=O)(=O)c2sc3ccccc3c2Cl)c1. The van der Waals surface area contributed by atoms with Crippen molar-refractivity contribution in [2.45, 2.75) is 10.8 Å². The predicted molar refractivity (Wildman–Crippen MR) is 95.8 cm³/mol. The second-order valence-corrected chi connectivity index (χ2v) is 8.48. The summed E-state index contributed by atoms with van der Waals surface area (Å²) in [6, 6.07) is 13.7. The molecule has 8 heteroatoms. The number of hydrogen-bond acceptors (Lipinski definition) is 4. The van der Waals surface area contributed by atoms with Crippen LogP contribution in [0.2, 0.25) is 5.02 Å². The first-order chi connectivity index (χ1) is 11.4. The summed E-state index contributed by atoms with van der Waals surface area (Å²) in [5, 5.41) is 0.925. The van der Waals surface area contributed by atoms with Crippen LogP contribution >= 0.6 is 22.9 Å². The smallest absolute Gasteiger partial charge is 0.251 e. The third-order valence-corrected chi connectivity index (χ3v) is 7.13. The number of halogens is 1. The fraction of sp³-hybridized carbons (Fsp3) is 0.0625. The number of amides is 1. The van der Waals surface area contributed by atoms with Crippen LogP contribution in [0, 0.1) is 0 Å². The molecule has 0 bridgehead atoms. The van der Waals surface area contributed by atoms with Crippen LogP contribution in [-0.4, -0.2) is 14.3 Å². The Balaban J connectivity index is 1.87. The number of thiophene rings is 1. The van der Waals surface area contributed by atoms with Gasteiger partial charge in [-0.25, -0.2) is 13.1 Å². The van der Waals surface area contributed by atoms with Gasteiger partial charge in [-0.15, -0.1) is 11.3 Å². The van der Waals surface area contributed by atoms with Crippen molar-refractivity contribution in [3.05, 3.63) is 64.7 Å². The Kier molecular flexibility index (Phi) is 4.60. The molecule has 0 saturated carbocycles. The van der Waals surface area contributed by atoms with Crippen LogP contribution in [0.4, 0.5) is 0 Å². The molecule has 3 aromatic rings. The van der Waals surface area contributed by atoms with E-state index in [9.17, 15) is 13.2 Å². The number of nitrogens with two attached hydrogens (primary N) is 1. The highest BCUT2D eigenvalue weighted by Crippen LogP contribution is 2.38.